The first-order valence-corrected chi connectivity index (χ1v) is 5.99. The Hall–Kier alpha value is -0.600. The molecule has 1 rings (SSSR count). The summed E-state index contributed by atoms with van der Waals surface area (Å²) >= 11 is 5.67. The molecule has 90 valence electrons. The van der Waals surface area contributed by atoms with E-state index in [1.165, 1.54) is 6.07 Å². The predicted octanol–water partition coefficient (Wildman–Crippen LogP) is 3.82. The van der Waals surface area contributed by atoms with Crippen molar-refractivity contribution in [2.75, 3.05) is 0 Å². The van der Waals surface area contributed by atoms with E-state index in [4.69, 9.17) is 11.6 Å². The summed E-state index contributed by atoms with van der Waals surface area (Å²) in [4.78, 5) is 0. The van der Waals surface area contributed by atoms with Gasteiger partial charge < -0.3 is 5.11 Å². The Labute approximate surface area is 101 Å². The van der Waals surface area contributed by atoms with Gasteiger partial charge >= 0.3 is 0 Å². The lowest BCUT2D eigenvalue weighted by Crippen LogP contribution is -2.12. The highest BCUT2D eigenvalue weighted by Crippen LogP contribution is 2.20. The maximum Gasteiger partial charge on any atom is 0.145 e. The molecule has 0 heterocycles. The molecule has 16 heavy (non-hydrogen) atoms. The Kier molecular flexibility index (Phi) is 5.23. The van der Waals surface area contributed by atoms with Crippen molar-refractivity contribution in [3.05, 3.63) is 34.6 Å². The van der Waals surface area contributed by atoms with Crippen molar-refractivity contribution in [3.8, 4) is 0 Å². The average molecular weight is 245 g/mol. The zero-order valence-corrected chi connectivity index (χ0v) is 10.5. The summed E-state index contributed by atoms with van der Waals surface area (Å²) in [6.07, 6.45) is 1.49. The molecule has 1 aromatic carbocycles. The highest BCUT2D eigenvalue weighted by molar-refractivity contribution is 6.30. The molecule has 0 aliphatic carbocycles. The van der Waals surface area contributed by atoms with Gasteiger partial charge in [0.15, 0.2) is 0 Å². The molecule has 0 aliphatic rings. The van der Waals surface area contributed by atoms with Crippen molar-refractivity contribution in [2.45, 2.75) is 39.2 Å². The number of hydrogen-bond acceptors (Lipinski definition) is 1. The van der Waals surface area contributed by atoms with Gasteiger partial charge in [-0.3, -0.25) is 0 Å². The predicted molar refractivity (Wildman–Crippen MR) is 65.2 cm³/mol. The Balaban J connectivity index is 2.56. The number of aliphatic hydroxyl groups is 1. The number of hydrogen-bond donors (Lipinski definition) is 1. The monoisotopic (exact) mass is 244 g/mol. The summed E-state index contributed by atoms with van der Waals surface area (Å²) in [7, 11) is 0. The van der Waals surface area contributed by atoms with Gasteiger partial charge in [0.2, 0.25) is 0 Å². The largest absolute Gasteiger partial charge is 0.393 e. The first-order chi connectivity index (χ1) is 7.50. The number of halogens is 2. The van der Waals surface area contributed by atoms with Crippen molar-refractivity contribution in [3.63, 3.8) is 0 Å². The molecule has 0 radical (unpaired) electrons. The zero-order valence-electron chi connectivity index (χ0n) is 9.71. The number of aliphatic hydroxyl groups excluding tert-OH is 1. The van der Waals surface area contributed by atoms with Crippen molar-refractivity contribution in [1.82, 2.24) is 0 Å². The van der Waals surface area contributed by atoms with Gasteiger partial charge in [0, 0.05) is 6.42 Å². The van der Waals surface area contributed by atoms with Gasteiger partial charge in [0.25, 0.3) is 0 Å². The molecule has 0 bridgehead atoms. The molecule has 0 fully saturated rings. The molecular formula is C13H18ClFO. The van der Waals surface area contributed by atoms with Crippen LogP contribution in [0.4, 0.5) is 4.39 Å². The third-order valence-electron chi connectivity index (χ3n) is 2.56. The van der Waals surface area contributed by atoms with E-state index in [2.05, 4.69) is 13.8 Å². The lowest BCUT2D eigenvalue weighted by atomic mass is 10.00. The van der Waals surface area contributed by atoms with Crippen LogP contribution < -0.4 is 0 Å². The molecule has 1 unspecified atom stereocenters. The smallest absolute Gasteiger partial charge is 0.145 e. The molecular weight excluding hydrogens is 227 g/mol. The van der Waals surface area contributed by atoms with Crippen molar-refractivity contribution in [1.29, 1.82) is 0 Å². The molecule has 0 spiro atoms. The van der Waals surface area contributed by atoms with Crippen molar-refractivity contribution < 1.29 is 9.50 Å². The van der Waals surface area contributed by atoms with E-state index in [1.54, 1.807) is 12.1 Å². The van der Waals surface area contributed by atoms with Gasteiger partial charge in [-0.25, -0.2) is 4.39 Å². The first-order valence-electron chi connectivity index (χ1n) is 5.61. The van der Waals surface area contributed by atoms with Gasteiger partial charge in [-0.2, -0.15) is 0 Å². The minimum Gasteiger partial charge on any atom is -0.393 e. The van der Waals surface area contributed by atoms with Gasteiger partial charge in [-0.1, -0.05) is 37.6 Å². The summed E-state index contributed by atoms with van der Waals surface area (Å²) in [5, 5.41) is 9.88. The van der Waals surface area contributed by atoms with E-state index in [0.717, 1.165) is 6.42 Å². The molecule has 0 amide bonds. The van der Waals surface area contributed by atoms with Crippen molar-refractivity contribution in [2.24, 2.45) is 5.92 Å². The van der Waals surface area contributed by atoms with E-state index in [9.17, 15) is 9.50 Å². The average Bonchev–Trinajstić information content (AvgIpc) is 2.22. The van der Waals surface area contributed by atoms with E-state index in [0.29, 0.717) is 24.3 Å². The van der Waals surface area contributed by atoms with Crippen LogP contribution in [0.1, 0.15) is 32.3 Å². The highest BCUT2D eigenvalue weighted by Gasteiger charge is 2.11. The normalized spacial score (nSPS) is 13.1. The van der Waals surface area contributed by atoms with Gasteiger partial charge in [-0.05, 0) is 30.4 Å². The lowest BCUT2D eigenvalue weighted by Gasteiger charge is -2.13. The van der Waals surface area contributed by atoms with Crippen LogP contribution in [0, 0.1) is 11.7 Å². The molecule has 0 saturated heterocycles. The van der Waals surface area contributed by atoms with Crippen LogP contribution in [0.25, 0.3) is 0 Å². The fourth-order valence-electron chi connectivity index (χ4n) is 1.59. The van der Waals surface area contributed by atoms with Crippen LogP contribution in [0.2, 0.25) is 5.02 Å². The van der Waals surface area contributed by atoms with E-state index in [-0.39, 0.29) is 5.02 Å². The second-order valence-electron chi connectivity index (χ2n) is 4.54. The minimum atomic E-state index is -0.490. The van der Waals surface area contributed by atoms with Crippen LogP contribution >= 0.6 is 11.6 Å². The van der Waals surface area contributed by atoms with Gasteiger partial charge in [0.1, 0.15) is 5.82 Å². The Morgan fingerprint density at radius 3 is 2.62 bits per heavy atom. The molecule has 1 N–H and O–H groups in total. The minimum absolute atomic E-state index is 0.119. The van der Waals surface area contributed by atoms with E-state index < -0.39 is 11.9 Å². The standard InChI is InChI=1S/C13H18ClFO/c1-9(2)6-7-11(16)8-10-4-3-5-12(14)13(10)15/h3-5,9,11,16H,6-8H2,1-2H3. The zero-order chi connectivity index (χ0) is 12.1. The first kappa shape index (κ1) is 13.5. The second kappa shape index (κ2) is 6.21. The van der Waals surface area contributed by atoms with Crippen LogP contribution in [0.15, 0.2) is 18.2 Å². The molecule has 0 aromatic heterocycles. The van der Waals surface area contributed by atoms with Crippen LogP contribution in [-0.4, -0.2) is 11.2 Å². The number of rotatable bonds is 5. The summed E-state index contributed by atoms with van der Waals surface area (Å²) in [5.74, 6) is 0.145. The molecule has 1 aromatic rings. The Morgan fingerprint density at radius 2 is 2.00 bits per heavy atom. The fourth-order valence-corrected chi connectivity index (χ4v) is 1.78. The highest BCUT2D eigenvalue weighted by atomic mass is 35.5. The molecule has 1 nitrogen and oxygen atoms in total. The SMILES string of the molecule is CC(C)CCC(O)Cc1cccc(Cl)c1F. The summed E-state index contributed by atoms with van der Waals surface area (Å²) in [5.41, 5.74) is 0.490. The molecule has 0 saturated carbocycles. The van der Waals surface area contributed by atoms with Crippen LogP contribution in [-0.2, 0) is 6.42 Å². The molecule has 3 heteroatoms. The maximum absolute atomic E-state index is 13.5. The Morgan fingerprint density at radius 1 is 1.31 bits per heavy atom. The van der Waals surface area contributed by atoms with E-state index in [1.807, 2.05) is 0 Å². The third kappa shape index (κ3) is 4.11. The van der Waals surface area contributed by atoms with Crippen LogP contribution in [0.5, 0.6) is 0 Å². The Bertz CT molecular complexity index is 339. The van der Waals surface area contributed by atoms with Gasteiger partial charge in [0.05, 0.1) is 11.1 Å². The van der Waals surface area contributed by atoms with E-state index >= 15 is 0 Å². The summed E-state index contributed by atoms with van der Waals surface area (Å²) in [6, 6.07) is 4.89. The van der Waals surface area contributed by atoms with Gasteiger partial charge in [-0.15, -0.1) is 0 Å². The fraction of sp³-hybridized carbons (Fsp3) is 0.538. The third-order valence-corrected chi connectivity index (χ3v) is 2.86. The topological polar surface area (TPSA) is 20.2 Å². The summed E-state index contributed by atoms with van der Waals surface area (Å²) in [6.45, 7) is 4.21. The van der Waals surface area contributed by atoms with Crippen molar-refractivity contribution >= 4 is 11.6 Å². The summed E-state index contributed by atoms with van der Waals surface area (Å²) < 4.78 is 13.5. The maximum atomic E-state index is 13.5. The second-order valence-corrected chi connectivity index (χ2v) is 4.95. The number of benzene rings is 1. The molecule has 1 atom stereocenters. The lowest BCUT2D eigenvalue weighted by molar-refractivity contribution is 0.156. The quantitative estimate of drug-likeness (QED) is 0.835. The molecule has 0 aliphatic heterocycles. The van der Waals surface area contributed by atoms with Crippen LogP contribution in [0.3, 0.4) is 0 Å².